The van der Waals surface area contributed by atoms with Crippen LogP contribution >= 0.6 is 0 Å². The predicted octanol–water partition coefficient (Wildman–Crippen LogP) is 2.72. The van der Waals surface area contributed by atoms with E-state index < -0.39 is 0 Å². The van der Waals surface area contributed by atoms with Gasteiger partial charge in [-0.25, -0.2) is 19.5 Å². The van der Waals surface area contributed by atoms with Crippen molar-refractivity contribution in [3.63, 3.8) is 0 Å². The lowest BCUT2D eigenvalue weighted by Gasteiger charge is -2.41. The zero-order valence-electron chi connectivity index (χ0n) is 19.4. The molecule has 0 atom stereocenters. The van der Waals surface area contributed by atoms with E-state index in [1.165, 1.54) is 51.9 Å². The predicted molar refractivity (Wildman–Crippen MR) is 128 cm³/mol. The quantitative estimate of drug-likeness (QED) is 0.517. The number of aromatic nitrogens is 6. The van der Waals surface area contributed by atoms with Gasteiger partial charge in [0.25, 0.3) is 0 Å². The zero-order chi connectivity index (χ0) is 22.4. The number of rotatable bonds is 4. The number of imidazole rings is 1. The van der Waals surface area contributed by atoms with Crippen molar-refractivity contribution in [2.45, 2.75) is 44.7 Å². The van der Waals surface area contributed by atoms with Crippen LogP contribution < -0.4 is 5.32 Å². The molecule has 2 fully saturated rings. The van der Waals surface area contributed by atoms with Gasteiger partial charge < -0.3 is 10.2 Å². The second-order valence-corrected chi connectivity index (χ2v) is 9.54. The lowest BCUT2D eigenvalue weighted by Crippen LogP contribution is -2.50. The molecule has 33 heavy (non-hydrogen) atoms. The topological polar surface area (TPSA) is 78.9 Å². The molecule has 1 aliphatic carbocycles. The van der Waals surface area contributed by atoms with Crippen LogP contribution in [0.15, 0.2) is 37.1 Å². The van der Waals surface area contributed by atoms with Crippen LogP contribution in [-0.2, 0) is 0 Å². The van der Waals surface area contributed by atoms with Crippen molar-refractivity contribution >= 4 is 17.2 Å². The Morgan fingerprint density at radius 2 is 1.73 bits per heavy atom. The first-order chi connectivity index (χ1) is 16.1. The minimum absolute atomic E-state index is 0.442. The van der Waals surface area contributed by atoms with Crippen LogP contribution in [0.1, 0.15) is 31.4 Å². The van der Waals surface area contributed by atoms with Crippen molar-refractivity contribution in [3.05, 3.63) is 42.7 Å². The highest BCUT2D eigenvalue weighted by Crippen LogP contribution is 2.27. The van der Waals surface area contributed by atoms with Crippen LogP contribution in [0.2, 0.25) is 0 Å². The Bertz CT molecular complexity index is 1260. The Labute approximate surface area is 193 Å². The average molecular weight is 446 g/mol. The zero-order valence-corrected chi connectivity index (χ0v) is 19.4. The molecule has 0 aromatic carbocycles. The number of fused-ring (bicyclic) bond motifs is 2. The van der Waals surface area contributed by atoms with Gasteiger partial charge in [-0.15, -0.1) is 5.10 Å². The van der Waals surface area contributed by atoms with E-state index in [1.54, 1.807) is 0 Å². The standard InChI is InChI=1S/C24H31N9/c1-17-13-26-24-27-14-18(16-32(17)24)21-7-8-33-22(21)15-25-23(29-33)28-19-3-5-20(6-4-19)31-11-9-30(2)10-12-31/h7-8,13-16,19-20H,3-6,9-12H2,1-2H3,(H,28,29). The third-order valence-electron chi connectivity index (χ3n) is 7.36. The number of nitrogens with zero attached hydrogens (tertiary/aromatic N) is 8. The minimum atomic E-state index is 0.442. The van der Waals surface area contributed by atoms with Gasteiger partial charge >= 0.3 is 0 Å². The van der Waals surface area contributed by atoms with Gasteiger partial charge in [-0.3, -0.25) is 9.30 Å². The fourth-order valence-electron chi connectivity index (χ4n) is 5.29. The third-order valence-corrected chi connectivity index (χ3v) is 7.36. The first-order valence-corrected chi connectivity index (χ1v) is 12.0. The van der Waals surface area contributed by atoms with Crippen LogP contribution in [0.3, 0.4) is 0 Å². The molecule has 1 aliphatic heterocycles. The molecule has 0 amide bonds. The van der Waals surface area contributed by atoms with Crippen molar-refractivity contribution < 1.29 is 0 Å². The Hall–Kier alpha value is -3.04. The van der Waals surface area contributed by atoms with E-state index in [2.05, 4.69) is 49.4 Å². The largest absolute Gasteiger partial charge is 0.350 e. The number of hydrogen-bond donors (Lipinski definition) is 1. The highest BCUT2D eigenvalue weighted by Gasteiger charge is 2.28. The summed E-state index contributed by atoms with van der Waals surface area (Å²) < 4.78 is 3.92. The molecular formula is C24H31N9. The van der Waals surface area contributed by atoms with Crippen LogP contribution in [0, 0.1) is 6.92 Å². The van der Waals surface area contributed by atoms with Gasteiger partial charge in [-0.1, -0.05) is 0 Å². The first-order valence-electron chi connectivity index (χ1n) is 12.0. The molecule has 1 saturated heterocycles. The lowest BCUT2D eigenvalue weighted by atomic mass is 9.90. The summed E-state index contributed by atoms with van der Waals surface area (Å²) in [6.45, 7) is 6.83. The van der Waals surface area contributed by atoms with E-state index in [1.807, 2.05) is 40.6 Å². The Morgan fingerprint density at radius 3 is 2.55 bits per heavy atom. The van der Waals surface area contributed by atoms with E-state index in [0.29, 0.717) is 17.8 Å². The number of hydrogen-bond acceptors (Lipinski definition) is 7. The van der Waals surface area contributed by atoms with Crippen LogP contribution in [0.5, 0.6) is 0 Å². The van der Waals surface area contributed by atoms with Crippen molar-refractivity contribution in [3.8, 4) is 11.1 Å². The van der Waals surface area contributed by atoms with Crippen molar-refractivity contribution in [1.29, 1.82) is 0 Å². The number of likely N-dealkylation sites (N-methyl/N-ethyl adjacent to an activating group) is 1. The molecule has 0 spiro atoms. The average Bonchev–Trinajstić information content (AvgIpc) is 3.43. The molecule has 9 heteroatoms. The SMILES string of the molecule is Cc1cnc2ncc(-c3ccn4nc(NC5CCC(N6CCN(C)CC6)CC5)ncc34)cn12. The molecule has 9 nitrogen and oxygen atoms in total. The molecule has 4 aromatic heterocycles. The van der Waals surface area contributed by atoms with Gasteiger partial charge in [-0.05, 0) is 45.7 Å². The van der Waals surface area contributed by atoms with Gasteiger partial charge in [-0.2, -0.15) is 0 Å². The highest BCUT2D eigenvalue weighted by molar-refractivity contribution is 5.79. The minimum Gasteiger partial charge on any atom is -0.350 e. The van der Waals surface area contributed by atoms with E-state index in [0.717, 1.165) is 28.4 Å². The third kappa shape index (κ3) is 3.95. The molecule has 0 unspecified atom stereocenters. The first kappa shape index (κ1) is 20.6. The molecule has 1 saturated carbocycles. The van der Waals surface area contributed by atoms with Gasteiger partial charge in [0, 0.05) is 73.7 Å². The van der Waals surface area contributed by atoms with Crippen molar-refractivity contribution in [2.24, 2.45) is 0 Å². The highest BCUT2D eigenvalue weighted by atomic mass is 15.3. The Morgan fingerprint density at radius 1 is 0.939 bits per heavy atom. The molecule has 1 N–H and O–H groups in total. The molecule has 0 bridgehead atoms. The number of anilines is 1. The van der Waals surface area contributed by atoms with E-state index in [4.69, 9.17) is 5.10 Å². The summed E-state index contributed by atoms with van der Waals surface area (Å²) in [6, 6.07) is 3.25. The summed E-state index contributed by atoms with van der Waals surface area (Å²) in [4.78, 5) is 18.6. The molecule has 172 valence electrons. The number of piperazine rings is 1. The Balaban J connectivity index is 1.14. The summed E-state index contributed by atoms with van der Waals surface area (Å²) in [5, 5.41) is 8.33. The summed E-state index contributed by atoms with van der Waals surface area (Å²) in [6.07, 6.45) is 14.5. The fraction of sp³-hybridized carbons (Fsp3) is 0.500. The van der Waals surface area contributed by atoms with Gasteiger partial charge in [0.2, 0.25) is 11.7 Å². The summed E-state index contributed by atoms with van der Waals surface area (Å²) in [7, 11) is 2.22. The number of aryl methyl sites for hydroxylation is 1. The lowest BCUT2D eigenvalue weighted by molar-refractivity contribution is 0.0893. The summed E-state index contributed by atoms with van der Waals surface area (Å²) in [5.74, 6) is 1.41. The normalized spacial score (nSPS) is 22.8. The molecule has 4 aromatic rings. The van der Waals surface area contributed by atoms with Crippen LogP contribution in [0.4, 0.5) is 5.95 Å². The van der Waals surface area contributed by atoms with Crippen molar-refractivity contribution in [1.82, 2.24) is 38.8 Å². The summed E-state index contributed by atoms with van der Waals surface area (Å²) in [5.41, 5.74) is 4.13. The maximum Gasteiger partial charge on any atom is 0.241 e. The van der Waals surface area contributed by atoms with Crippen LogP contribution in [0.25, 0.3) is 22.4 Å². The molecule has 5 heterocycles. The molecule has 0 radical (unpaired) electrons. The van der Waals surface area contributed by atoms with Gasteiger partial charge in [0.1, 0.15) is 0 Å². The second kappa shape index (κ2) is 8.39. The smallest absolute Gasteiger partial charge is 0.241 e. The molecular weight excluding hydrogens is 414 g/mol. The monoisotopic (exact) mass is 445 g/mol. The molecule has 6 rings (SSSR count). The molecule has 2 aliphatic rings. The van der Waals surface area contributed by atoms with Crippen LogP contribution in [-0.4, -0.2) is 84.1 Å². The Kier molecular flexibility index (Phi) is 5.22. The van der Waals surface area contributed by atoms with E-state index >= 15 is 0 Å². The fourth-order valence-corrected chi connectivity index (χ4v) is 5.29. The van der Waals surface area contributed by atoms with Gasteiger partial charge in [0.05, 0.1) is 17.9 Å². The number of nitrogens with one attached hydrogen (secondary N) is 1. The van der Waals surface area contributed by atoms with E-state index in [-0.39, 0.29) is 0 Å². The summed E-state index contributed by atoms with van der Waals surface area (Å²) >= 11 is 0. The van der Waals surface area contributed by atoms with E-state index in [9.17, 15) is 0 Å². The maximum absolute atomic E-state index is 4.74. The van der Waals surface area contributed by atoms with Gasteiger partial charge in [0.15, 0.2) is 0 Å². The maximum atomic E-state index is 4.74. The second-order valence-electron chi connectivity index (χ2n) is 9.54. The van der Waals surface area contributed by atoms with Crippen molar-refractivity contribution in [2.75, 3.05) is 38.5 Å².